The predicted molar refractivity (Wildman–Crippen MR) is 45.2 cm³/mol. The fourth-order valence-electron chi connectivity index (χ4n) is 0.732. The zero-order chi connectivity index (χ0) is 14.6. The van der Waals surface area contributed by atoms with Crippen LogP contribution in [0.15, 0.2) is 0 Å². The largest absolute Gasteiger partial charge is 0.448 e. The second kappa shape index (κ2) is 5.32. The molecule has 0 saturated carbocycles. The number of hydrogen-bond acceptors (Lipinski definition) is 3. The smallest absolute Gasteiger partial charge is 0.420 e. The maximum atomic E-state index is 12.3. The molecule has 10 heteroatoms. The maximum absolute atomic E-state index is 12.3. The minimum absolute atomic E-state index is 0.224. The molecule has 4 nitrogen and oxygen atoms in total. The van der Waals surface area contributed by atoms with Gasteiger partial charge in [0.1, 0.15) is 6.61 Å². The Balaban J connectivity index is 4.85. The van der Waals surface area contributed by atoms with Gasteiger partial charge in [0.25, 0.3) is 0 Å². The molecule has 0 aliphatic carbocycles. The first-order valence-electron chi connectivity index (χ1n) is 4.41. The van der Waals surface area contributed by atoms with Crippen LogP contribution in [-0.2, 0) is 4.74 Å². The van der Waals surface area contributed by atoms with Crippen LogP contribution in [0.1, 0.15) is 13.3 Å². The lowest BCUT2D eigenvalue weighted by Gasteiger charge is -2.33. The number of amides is 1. The molecule has 0 fully saturated rings. The first kappa shape index (κ1) is 16.3. The van der Waals surface area contributed by atoms with Gasteiger partial charge in [0.15, 0.2) is 0 Å². The molecule has 18 heavy (non-hydrogen) atoms. The van der Waals surface area contributed by atoms with Gasteiger partial charge >= 0.3 is 18.4 Å². The van der Waals surface area contributed by atoms with E-state index in [2.05, 4.69) is 4.74 Å². The number of nitriles is 1. The molecule has 0 aromatic carbocycles. The summed E-state index contributed by atoms with van der Waals surface area (Å²) >= 11 is 0. The van der Waals surface area contributed by atoms with Crippen molar-refractivity contribution in [1.29, 1.82) is 5.26 Å². The molecule has 0 aromatic heterocycles. The van der Waals surface area contributed by atoms with Crippen molar-refractivity contribution >= 4 is 6.09 Å². The molecule has 104 valence electrons. The molecule has 0 aromatic rings. The second-order valence-corrected chi connectivity index (χ2v) is 3.29. The predicted octanol–water partition coefficient (Wildman–Crippen LogP) is 2.51. The standard InChI is InChI=1S/C8H8F6N2O2/c1-6(7(9,10)11,8(12,13)14)16-5(17)18-4-2-3-15/h2,4H2,1H3,(H,16,17). The van der Waals surface area contributed by atoms with Gasteiger partial charge in [-0.15, -0.1) is 0 Å². The lowest BCUT2D eigenvalue weighted by Crippen LogP contribution is -2.65. The summed E-state index contributed by atoms with van der Waals surface area (Å²) in [5.74, 6) is 0. The first-order valence-corrected chi connectivity index (χ1v) is 4.41. The third-order valence-electron chi connectivity index (χ3n) is 1.93. The average Bonchev–Trinajstić information content (AvgIpc) is 2.14. The number of nitrogens with zero attached hydrogens (tertiary/aromatic N) is 1. The van der Waals surface area contributed by atoms with Crippen LogP contribution >= 0.6 is 0 Å². The van der Waals surface area contributed by atoms with Crippen LogP contribution in [0.4, 0.5) is 31.1 Å². The zero-order valence-electron chi connectivity index (χ0n) is 8.95. The number of carbonyl (C=O) groups is 1. The SMILES string of the molecule is CC(NC(=O)OCCC#N)(C(F)(F)F)C(F)(F)F. The highest BCUT2D eigenvalue weighted by atomic mass is 19.4. The van der Waals surface area contributed by atoms with Crippen molar-refractivity contribution in [3.63, 3.8) is 0 Å². The van der Waals surface area contributed by atoms with E-state index in [-0.39, 0.29) is 13.3 Å². The second-order valence-electron chi connectivity index (χ2n) is 3.29. The summed E-state index contributed by atoms with van der Waals surface area (Å²) in [4.78, 5) is 10.8. The Hall–Kier alpha value is -1.66. The molecular weight excluding hydrogens is 270 g/mol. The summed E-state index contributed by atoms with van der Waals surface area (Å²) in [6, 6.07) is 1.50. The fourth-order valence-corrected chi connectivity index (χ4v) is 0.732. The molecule has 0 aliphatic heterocycles. The summed E-state index contributed by atoms with van der Waals surface area (Å²) in [5, 5.41) is 8.76. The first-order chi connectivity index (χ1) is 7.95. The number of alkyl carbamates (subject to hydrolysis) is 1. The highest BCUT2D eigenvalue weighted by Gasteiger charge is 2.69. The topological polar surface area (TPSA) is 62.1 Å². The third kappa shape index (κ3) is 3.68. The van der Waals surface area contributed by atoms with Crippen LogP contribution in [0.25, 0.3) is 0 Å². The van der Waals surface area contributed by atoms with Gasteiger partial charge in [0.2, 0.25) is 5.54 Å². The highest BCUT2D eigenvalue weighted by Crippen LogP contribution is 2.42. The third-order valence-corrected chi connectivity index (χ3v) is 1.93. The van der Waals surface area contributed by atoms with Gasteiger partial charge < -0.3 is 4.74 Å². The monoisotopic (exact) mass is 278 g/mol. The molecule has 0 saturated heterocycles. The van der Waals surface area contributed by atoms with Crippen LogP contribution in [-0.4, -0.2) is 30.6 Å². The van der Waals surface area contributed by atoms with Gasteiger partial charge in [-0.3, -0.25) is 5.32 Å². The van der Waals surface area contributed by atoms with Crippen molar-refractivity contribution in [3.8, 4) is 6.07 Å². The number of halogens is 6. The van der Waals surface area contributed by atoms with E-state index in [0.29, 0.717) is 5.32 Å². The number of nitrogens with one attached hydrogen (secondary N) is 1. The average molecular weight is 278 g/mol. The molecular formula is C8H8F6N2O2. The minimum Gasteiger partial charge on any atom is -0.448 e. The normalized spacial score (nSPS) is 12.8. The Bertz CT molecular complexity index is 329. The lowest BCUT2D eigenvalue weighted by molar-refractivity contribution is -0.298. The number of alkyl halides is 6. The summed E-state index contributed by atoms with van der Waals surface area (Å²) in [7, 11) is 0. The molecule has 0 bridgehead atoms. The Morgan fingerprint density at radius 1 is 1.22 bits per heavy atom. The van der Waals surface area contributed by atoms with Crippen molar-refractivity contribution < 1.29 is 35.9 Å². The molecule has 0 rings (SSSR count). The molecule has 1 amide bonds. The van der Waals surface area contributed by atoms with E-state index < -0.39 is 30.6 Å². The highest BCUT2D eigenvalue weighted by molar-refractivity contribution is 5.68. The number of rotatable bonds is 3. The van der Waals surface area contributed by atoms with E-state index in [1.54, 1.807) is 0 Å². The van der Waals surface area contributed by atoms with E-state index in [9.17, 15) is 31.1 Å². The summed E-state index contributed by atoms with van der Waals surface area (Å²) < 4.78 is 77.8. The van der Waals surface area contributed by atoms with Crippen molar-refractivity contribution in [1.82, 2.24) is 5.32 Å². The summed E-state index contributed by atoms with van der Waals surface area (Å²) in [6.07, 6.45) is -13.7. The Labute approximate surface area is 97.5 Å². The quantitative estimate of drug-likeness (QED) is 0.637. The molecule has 0 unspecified atom stereocenters. The van der Waals surface area contributed by atoms with Gasteiger partial charge in [-0.05, 0) is 6.92 Å². The minimum atomic E-state index is -5.74. The van der Waals surface area contributed by atoms with Gasteiger partial charge in [-0.1, -0.05) is 0 Å². The summed E-state index contributed by atoms with van der Waals surface area (Å²) in [5.41, 5.74) is -4.41. The van der Waals surface area contributed by atoms with E-state index >= 15 is 0 Å². The van der Waals surface area contributed by atoms with Crippen LogP contribution in [0.2, 0.25) is 0 Å². The zero-order valence-corrected chi connectivity index (χ0v) is 8.95. The van der Waals surface area contributed by atoms with Crippen molar-refractivity contribution in [2.24, 2.45) is 0 Å². The van der Waals surface area contributed by atoms with E-state index in [4.69, 9.17) is 5.26 Å². The maximum Gasteiger partial charge on any atom is 0.420 e. The fraction of sp³-hybridized carbons (Fsp3) is 0.750. The Kier molecular flexibility index (Phi) is 4.83. The number of hydrogen-bond donors (Lipinski definition) is 1. The van der Waals surface area contributed by atoms with Gasteiger partial charge in [-0.25, -0.2) is 4.79 Å². The molecule has 0 spiro atoms. The molecule has 0 atom stereocenters. The van der Waals surface area contributed by atoms with Crippen LogP contribution < -0.4 is 5.32 Å². The van der Waals surface area contributed by atoms with Crippen LogP contribution in [0, 0.1) is 11.3 Å². The molecule has 0 aliphatic rings. The Morgan fingerprint density at radius 2 is 1.67 bits per heavy atom. The molecule has 0 heterocycles. The van der Waals surface area contributed by atoms with Gasteiger partial charge in [0.05, 0.1) is 12.5 Å². The Morgan fingerprint density at radius 3 is 2.00 bits per heavy atom. The van der Waals surface area contributed by atoms with Crippen molar-refractivity contribution in [2.75, 3.05) is 6.61 Å². The van der Waals surface area contributed by atoms with Crippen molar-refractivity contribution in [3.05, 3.63) is 0 Å². The lowest BCUT2D eigenvalue weighted by atomic mass is 10.0. The number of ether oxygens (including phenoxy) is 1. The van der Waals surface area contributed by atoms with Crippen LogP contribution in [0.5, 0.6) is 0 Å². The molecule has 1 N–H and O–H groups in total. The van der Waals surface area contributed by atoms with Crippen LogP contribution in [0.3, 0.4) is 0 Å². The van der Waals surface area contributed by atoms with Gasteiger partial charge in [-0.2, -0.15) is 31.6 Å². The van der Waals surface area contributed by atoms with E-state index in [1.165, 1.54) is 6.07 Å². The summed E-state index contributed by atoms with van der Waals surface area (Å²) in [6.45, 7) is -0.827. The van der Waals surface area contributed by atoms with Gasteiger partial charge in [0, 0.05) is 0 Å². The number of carbonyl (C=O) groups excluding carboxylic acids is 1. The van der Waals surface area contributed by atoms with Crippen molar-refractivity contribution in [2.45, 2.75) is 31.2 Å². The van der Waals surface area contributed by atoms with E-state index in [1.807, 2.05) is 0 Å². The molecule has 0 radical (unpaired) electrons. The van der Waals surface area contributed by atoms with E-state index in [0.717, 1.165) is 0 Å².